The fraction of sp³-hybridized carbons (Fsp3) is 0.455. The summed E-state index contributed by atoms with van der Waals surface area (Å²) in [5.74, 6) is 0.629. The summed E-state index contributed by atoms with van der Waals surface area (Å²) >= 11 is 1.66. The van der Waals surface area contributed by atoms with Gasteiger partial charge < -0.3 is 5.32 Å². The van der Waals surface area contributed by atoms with Gasteiger partial charge in [0.2, 0.25) is 0 Å². The Morgan fingerprint density at radius 2 is 2.31 bits per heavy atom. The lowest BCUT2D eigenvalue weighted by Crippen LogP contribution is -2.07. The molecule has 0 atom stereocenters. The molecule has 0 saturated heterocycles. The molecule has 0 aliphatic heterocycles. The predicted molar refractivity (Wildman–Crippen MR) is 67.6 cm³/mol. The van der Waals surface area contributed by atoms with Gasteiger partial charge in [-0.05, 0) is 12.0 Å². The van der Waals surface area contributed by atoms with Gasteiger partial charge >= 0.3 is 0 Å². The monoisotopic (exact) mass is 236 g/mol. The number of thiazole rings is 1. The number of hydrogen-bond donors (Lipinski definition) is 1. The highest BCUT2D eigenvalue weighted by Gasteiger charge is 2.07. The zero-order valence-electron chi connectivity index (χ0n) is 9.77. The quantitative estimate of drug-likeness (QED) is 0.887. The van der Waals surface area contributed by atoms with Crippen LogP contribution in [0.1, 0.15) is 13.8 Å². The van der Waals surface area contributed by atoms with E-state index < -0.39 is 0 Å². The molecule has 0 fully saturated rings. The molecule has 1 N–H and O–H groups in total. The maximum atomic E-state index is 4.35. The van der Waals surface area contributed by atoms with E-state index in [0.29, 0.717) is 5.92 Å². The highest BCUT2D eigenvalue weighted by molar-refractivity contribution is 7.18. The normalized spacial score (nSPS) is 11.0. The fourth-order valence-electron chi connectivity index (χ4n) is 1.38. The van der Waals surface area contributed by atoms with Crippen LogP contribution in [0, 0.1) is 5.92 Å². The Kier molecular flexibility index (Phi) is 3.24. The molecule has 2 heterocycles. The Bertz CT molecular complexity index is 458. The summed E-state index contributed by atoms with van der Waals surface area (Å²) in [5, 5.41) is 8.45. The van der Waals surface area contributed by atoms with Crippen molar-refractivity contribution in [3.63, 3.8) is 0 Å². The second-order valence-electron chi connectivity index (χ2n) is 4.14. The fourth-order valence-corrected chi connectivity index (χ4v) is 2.26. The van der Waals surface area contributed by atoms with E-state index in [9.17, 15) is 0 Å². The Labute approximate surface area is 99.3 Å². The second-order valence-corrected chi connectivity index (χ2v) is 5.18. The third-order valence-electron chi connectivity index (χ3n) is 2.24. The minimum atomic E-state index is 0.629. The van der Waals surface area contributed by atoms with Crippen molar-refractivity contribution in [1.29, 1.82) is 0 Å². The van der Waals surface area contributed by atoms with E-state index in [2.05, 4.69) is 29.2 Å². The van der Waals surface area contributed by atoms with Crippen molar-refractivity contribution >= 4 is 16.5 Å². The van der Waals surface area contributed by atoms with Crippen LogP contribution < -0.4 is 5.32 Å². The van der Waals surface area contributed by atoms with Crippen molar-refractivity contribution < 1.29 is 0 Å². The number of hydrogen-bond acceptors (Lipinski definition) is 4. The lowest BCUT2D eigenvalue weighted by atomic mass is 10.2. The standard InChI is InChI=1S/C11H16N4S/c1-8(2)6-12-11-13-7-10(16-11)9-4-5-14-15(9)3/h4-5,7-8H,6H2,1-3H3,(H,12,13). The van der Waals surface area contributed by atoms with Gasteiger partial charge in [-0.1, -0.05) is 25.2 Å². The number of nitrogens with zero attached hydrogens (tertiary/aromatic N) is 3. The van der Waals surface area contributed by atoms with Gasteiger partial charge in [-0.3, -0.25) is 4.68 Å². The summed E-state index contributed by atoms with van der Waals surface area (Å²) in [5.41, 5.74) is 1.11. The minimum absolute atomic E-state index is 0.629. The molecule has 0 amide bonds. The van der Waals surface area contributed by atoms with E-state index in [4.69, 9.17) is 0 Å². The predicted octanol–water partition coefficient (Wildman–Crippen LogP) is 2.61. The lowest BCUT2D eigenvalue weighted by molar-refractivity contribution is 0.688. The molecule has 86 valence electrons. The van der Waals surface area contributed by atoms with Crippen LogP contribution in [-0.2, 0) is 7.05 Å². The largest absolute Gasteiger partial charge is 0.361 e. The minimum Gasteiger partial charge on any atom is -0.361 e. The van der Waals surface area contributed by atoms with Crippen LogP contribution in [0.15, 0.2) is 18.5 Å². The zero-order chi connectivity index (χ0) is 11.5. The number of aromatic nitrogens is 3. The van der Waals surface area contributed by atoms with Crippen molar-refractivity contribution in [2.24, 2.45) is 13.0 Å². The Morgan fingerprint density at radius 1 is 1.50 bits per heavy atom. The molecule has 2 aromatic heterocycles. The van der Waals surface area contributed by atoms with Crippen LogP contribution in [-0.4, -0.2) is 21.3 Å². The van der Waals surface area contributed by atoms with Crippen molar-refractivity contribution in [1.82, 2.24) is 14.8 Å². The number of nitrogens with one attached hydrogen (secondary N) is 1. The smallest absolute Gasteiger partial charge is 0.183 e. The molecule has 0 spiro atoms. The molecule has 0 unspecified atom stereocenters. The van der Waals surface area contributed by atoms with Crippen molar-refractivity contribution in [2.45, 2.75) is 13.8 Å². The highest BCUT2D eigenvalue weighted by Crippen LogP contribution is 2.28. The van der Waals surface area contributed by atoms with Gasteiger partial charge in [0.05, 0.1) is 10.6 Å². The molecule has 0 bridgehead atoms. The molecule has 0 aliphatic rings. The van der Waals surface area contributed by atoms with Crippen LogP contribution >= 0.6 is 11.3 Å². The van der Waals surface area contributed by atoms with E-state index in [0.717, 1.165) is 22.2 Å². The number of anilines is 1. The van der Waals surface area contributed by atoms with Gasteiger partial charge in [-0.2, -0.15) is 5.10 Å². The topological polar surface area (TPSA) is 42.7 Å². The molecule has 0 aliphatic carbocycles. The summed E-state index contributed by atoms with van der Waals surface area (Å²) in [6.45, 7) is 5.32. The van der Waals surface area contributed by atoms with Crippen LogP contribution in [0.25, 0.3) is 10.6 Å². The number of aryl methyl sites for hydroxylation is 1. The maximum Gasteiger partial charge on any atom is 0.183 e. The molecule has 16 heavy (non-hydrogen) atoms. The lowest BCUT2D eigenvalue weighted by Gasteiger charge is -2.04. The van der Waals surface area contributed by atoms with Gasteiger partial charge in [0.25, 0.3) is 0 Å². The molecule has 4 nitrogen and oxygen atoms in total. The maximum absolute atomic E-state index is 4.35. The highest BCUT2D eigenvalue weighted by atomic mass is 32.1. The van der Waals surface area contributed by atoms with Crippen molar-refractivity contribution in [3.05, 3.63) is 18.5 Å². The van der Waals surface area contributed by atoms with Crippen molar-refractivity contribution in [3.8, 4) is 10.6 Å². The van der Waals surface area contributed by atoms with E-state index in [1.807, 2.05) is 24.0 Å². The molecule has 2 rings (SSSR count). The summed E-state index contributed by atoms with van der Waals surface area (Å²) in [4.78, 5) is 5.50. The van der Waals surface area contributed by atoms with E-state index in [1.54, 1.807) is 17.5 Å². The van der Waals surface area contributed by atoms with Crippen LogP contribution in [0.4, 0.5) is 5.13 Å². The Morgan fingerprint density at radius 3 is 2.94 bits per heavy atom. The summed E-state index contributed by atoms with van der Waals surface area (Å²) in [6, 6.07) is 2.00. The third-order valence-corrected chi connectivity index (χ3v) is 3.22. The zero-order valence-corrected chi connectivity index (χ0v) is 10.6. The van der Waals surface area contributed by atoms with Crippen molar-refractivity contribution in [2.75, 3.05) is 11.9 Å². The van der Waals surface area contributed by atoms with Gasteiger partial charge in [-0.25, -0.2) is 4.98 Å². The number of rotatable bonds is 4. The third kappa shape index (κ3) is 2.41. The average Bonchev–Trinajstić information content (AvgIpc) is 2.83. The molecule has 0 saturated carbocycles. The van der Waals surface area contributed by atoms with Crippen LogP contribution in [0.5, 0.6) is 0 Å². The first kappa shape index (κ1) is 11.1. The first-order valence-corrected chi connectivity index (χ1v) is 6.16. The Balaban J connectivity index is 2.11. The summed E-state index contributed by atoms with van der Waals surface area (Å²) in [7, 11) is 1.94. The van der Waals surface area contributed by atoms with Crippen LogP contribution in [0.3, 0.4) is 0 Å². The van der Waals surface area contributed by atoms with Gasteiger partial charge in [0, 0.05) is 26.0 Å². The Hall–Kier alpha value is -1.36. The molecular weight excluding hydrogens is 220 g/mol. The van der Waals surface area contributed by atoms with Crippen LogP contribution in [0.2, 0.25) is 0 Å². The first-order chi connectivity index (χ1) is 7.66. The van der Waals surface area contributed by atoms with E-state index in [1.165, 1.54) is 0 Å². The second kappa shape index (κ2) is 4.65. The molecule has 0 radical (unpaired) electrons. The molecule has 2 aromatic rings. The van der Waals surface area contributed by atoms with E-state index in [-0.39, 0.29) is 0 Å². The van der Waals surface area contributed by atoms with E-state index >= 15 is 0 Å². The summed E-state index contributed by atoms with van der Waals surface area (Å²) in [6.07, 6.45) is 3.70. The molecular formula is C11H16N4S. The van der Waals surface area contributed by atoms with Gasteiger partial charge in [-0.15, -0.1) is 0 Å². The van der Waals surface area contributed by atoms with Gasteiger partial charge in [0.15, 0.2) is 5.13 Å². The molecule has 0 aromatic carbocycles. The van der Waals surface area contributed by atoms with Gasteiger partial charge in [0.1, 0.15) is 0 Å². The molecule has 5 heteroatoms. The summed E-state index contributed by atoms with van der Waals surface area (Å²) < 4.78 is 1.86. The SMILES string of the molecule is CC(C)CNc1ncc(-c2ccnn2C)s1. The average molecular weight is 236 g/mol. The first-order valence-electron chi connectivity index (χ1n) is 5.35.